The predicted octanol–water partition coefficient (Wildman–Crippen LogP) is 17.8. The van der Waals surface area contributed by atoms with Gasteiger partial charge in [0, 0.05) is 20.9 Å². The molecule has 3 heterocycles. The molecule has 306 valence electrons. The average Bonchev–Trinajstić information content (AvgIpc) is 3.98. The van der Waals surface area contributed by atoms with Gasteiger partial charge in [-0.3, -0.25) is 4.40 Å². The van der Waals surface area contributed by atoms with Crippen molar-refractivity contribution >= 4 is 91.3 Å². The molecule has 0 fully saturated rings. The lowest BCUT2D eigenvalue weighted by Gasteiger charge is -2.15. The number of rotatable bonds is 5. The minimum absolute atomic E-state index is 1.00. The van der Waals surface area contributed by atoms with Gasteiger partial charge >= 0.3 is 0 Å². The van der Waals surface area contributed by atoms with Crippen LogP contribution in [0.3, 0.4) is 0 Å². The third-order valence-corrected chi connectivity index (χ3v) is 14.9. The van der Waals surface area contributed by atoms with Gasteiger partial charge in [-0.15, -0.1) is 11.3 Å². The fourth-order valence-electron chi connectivity index (χ4n) is 10.6. The Labute approximate surface area is 384 Å². The summed E-state index contributed by atoms with van der Waals surface area (Å²) in [6.07, 6.45) is 0. The van der Waals surface area contributed by atoms with Gasteiger partial charge in [0.1, 0.15) is 0 Å². The van der Waals surface area contributed by atoms with Gasteiger partial charge in [0.15, 0.2) is 5.65 Å². The van der Waals surface area contributed by atoms with Crippen LogP contribution in [0.25, 0.3) is 136 Å². The van der Waals surface area contributed by atoms with Crippen molar-refractivity contribution in [1.29, 1.82) is 0 Å². The van der Waals surface area contributed by atoms with Gasteiger partial charge in [-0.05, 0) is 136 Å². The second kappa shape index (κ2) is 14.6. The van der Waals surface area contributed by atoms with Crippen LogP contribution < -0.4 is 0 Å². The van der Waals surface area contributed by atoms with Gasteiger partial charge in [0.2, 0.25) is 0 Å². The molecule has 0 aliphatic rings. The summed E-state index contributed by atoms with van der Waals surface area (Å²) in [7, 11) is 0. The van der Waals surface area contributed by atoms with E-state index in [1.807, 2.05) is 11.3 Å². The number of benzene rings is 11. The van der Waals surface area contributed by atoms with Crippen LogP contribution in [-0.4, -0.2) is 9.38 Å². The Morgan fingerprint density at radius 2 is 0.894 bits per heavy atom. The Kier molecular flexibility index (Phi) is 8.19. The van der Waals surface area contributed by atoms with E-state index >= 15 is 0 Å². The van der Waals surface area contributed by atoms with Crippen molar-refractivity contribution in [3.05, 3.63) is 231 Å². The van der Waals surface area contributed by atoms with Crippen molar-refractivity contribution in [2.45, 2.75) is 0 Å². The van der Waals surface area contributed by atoms with Gasteiger partial charge in [0.25, 0.3) is 0 Å². The fraction of sp³-hybridized carbons (Fsp3) is 0. The van der Waals surface area contributed by atoms with Gasteiger partial charge in [-0.1, -0.05) is 182 Å². The summed E-state index contributed by atoms with van der Waals surface area (Å²) < 4.78 is 4.90. The molecule has 14 aromatic rings. The lowest BCUT2D eigenvalue weighted by Crippen LogP contribution is -1.93. The van der Waals surface area contributed by atoms with Crippen LogP contribution in [0.4, 0.5) is 0 Å². The number of fused-ring (bicyclic) bond motifs is 13. The van der Waals surface area contributed by atoms with Crippen molar-refractivity contribution in [3.63, 3.8) is 0 Å². The third-order valence-electron chi connectivity index (χ3n) is 13.7. The smallest absolute Gasteiger partial charge is 0.156 e. The van der Waals surface area contributed by atoms with Gasteiger partial charge in [-0.25, -0.2) is 4.98 Å². The topological polar surface area (TPSA) is 17.3 Å². The molecule has 0 bridgehead atoms. The lowest BCUT2D eigenvalue weighted by molar-refractivity contribution is 1.25. The summed E-state index contributed by atoms with van der Waals surface area (Å²) >= 11 is 1.85. The lowest BCUT2D eigenvalue weighted by atomic mass is 9.89. The van der Waals surface area contributed by atoms with Crippen LogP contribution >= 0.6 is 11.3 Å². The zero-order valence-electron chi connectivity index (χ0n) is 35.7. The van der Waals surface area contributed by atoms with Crippen LogP contribution in [0.1, 0.15) is 0 Å². The molecule has 2 nitrogen and oxygen atoms in total. The monoisotopic (exact) mass is 854 g/mol. The molecule has 3 aromatic heterocycles. The maximum Gasteiger partial charge on any atom is 0.156 e. The maximum atomic E-state index is 5.59. The molecule has 0 N–H and O–H groups in total. The molecule has 66 heavy (non-hydrogen) atoms. The molecule has 0 saturated heterocycles. The molecule has 0 radical (unpaired) electrons. The van der Waals surface area contributed by atoms with E-state index in [0.29, 0.717) is 0 Å². The Hall–Kier alpha value is -8.37. The molecular weight excluding hydrogens is 817 g/mol. The van der Waals surface area contributed by atoms with Crippen LogP contribution in [0.15, 0.2) is 231 Å². The minimum Gasteiger partial charge on any atom is -0.291 e. The number of hydrogen-bond donors (Lipinski definition) is 0. The number of nitrogens with zero attached hydrogens (tertiary/aromatic N) is 2. The summed E-state index contributed by atoms with van der Waals surface area (Å²) in [6, 6.07) is 84.7. The highest BCUT2D eigenvalue weighted by Gasteiger charge is 2.21. The number of aromatic nitrogens is 2. The molecule has 0 aliphatic carbocycles. The Morgan fingerprint density at radius 3 is 1.59 bits per heavy atom. The zero-order chi connectivity index (χ0) is 43.3. The molecule has 11 aromatic carbocycles. The van der Waals surface area contributed by atoms with E-state index in [4.69, 9.17) is 4.98 Å². The molecular formula is C63H38N2S. The van der Waals surface area contributed by atoms with E-state index in [-0.39, 0.29) is 0 Å². The quantitative estimate of drug-likeness (QED) is 0.158. The van der Waals surface area contributed by atoms with Crippen LogP contribution in [0.5, 0.6) is 0 Å². The summed E-state index contributed by atoms with van der Waals surface area (Å²) in [5.41, 5.74) is 15.1. The molecule has 3 heteroatoms. The van der Waals surface area contributed by atoms with E-state index in [1.54, 1.807) is 0 Å². The number of imidazole rings is 1. The molecule has 0 amide bonds. The van der Waals surface area contributed by atoms with E-state index in [2.05, 4.69) is 235 Å². The molecule has 0 spiro atoms. The van der Waals surface area contributed by atoms with Crippen molar-refractivity contribution < 1.29 is 0 Å². The first-order valence-electron chi connectivity index (χ1n) is 22.6. The highest BCUT2D eigenvalue weighted by atomic mass is 32.1. The summed E-state index contributed by atoms with van der Waals surface area (Å²) in [5.74, 6) is 0. The minimum atomic E-state index is 1.00. The zero-order valence-corrected chi connectivity index (χ0v) is 36.6. The van der Waals surface area contributed by atoms with Crippen molar-refractivity contribution in [2.24, 2.45) is 0 Å². The molecule has 0 saturated carbocycles. The first kappa shape index (κ1) is 37.0. The summed E-state index contributed by atoms with van der Waals surface area (Å²) in [5, 5.41) is 12.4. The van der Waals surface area contributed by atoms with E-state index in [0.717, 1.165) is 27.9 Å². The Morgan fingerprint density at radius 1 is 0.333 bits per heavy atom. The standard InChI is InChI=1S/C63H38N2S/c1-3-13-39(14-4-1)47-34-48(40-15-5-2-6-16-40)36-49(35-47)51-30-29-50(53-21-11-12-22-54(51)53)42-23-25-43(26-24-42)58-38-56-60-52-20-10-9-17-41(52)28-32-59(60)66-62(56)63-64-61-55-37-45-19-8-7-18-44(45)33-46(55)27-31-57(61)65(58)63/h1-38H. The van der Waals surface area contributed by atoms with Crippen LogP contribution in [0, 0.1) is 0 Å². The van der Waals surface area contributed by atoms with E-state index < -0.39 is 0 Å². The van der Waals surface area contributed by atoms with E-state index in [9.17, 15) is 0 Å². The SMILES string of the molecule is c1ccc(-c2cc(-c3ccccc3)cc(-c3ccc(-c4ccc(-c5cc6c(sc7ccc8ccccc8c76)c6nc7c8cc9ccccc9cc8ccc7n56)cc4)c4ccccc34)c2)cc1. The first-order chi connectivity index (χ1) is 32.7. The van der Waals surface area contributed by atoms with Crippen LogP contribution in [-0.2, 0) is 0 Å². The normalized spacial score (nSPS) is 11.9. The highest BCUT2D eigenvalue weighted by Crippen LogP contribution is 2.45. The maximum absolute atomic E-state index is 5.59. The molecule has 0 unspecified atom stereocenters. The van der Waals surface area contributed by atoms with Crippen molar-refractivity contribution in [2.75, 3.05) is 0 Å². The second-order valence-electron chi connectivity index (χ2n) is 17.5. The van der Waals surface area contributed by atoms with Gasteiger partial charge < -0.3 is 0 Å². The summed E-state index contributed by atoms with van der Waals surface area (Å²) in [6.45, 7) is 0. The highest BCUT2D eigenvalue weighted by molar-refractivity contribution is 7.26. The first-order valence-corrected chi connectivity index (χ1v) is 23.4. The van der Waals surface area contributed by atoms with Crippen molar-refractivity contribution in [3.8, 4) is 55.8 Å². The number of hydrogen-bond acceptors (Lipinski definition) is 2. The molecule has 0 atom stereocenters. The largest absolute Gasteiger partial charge is 0.291 e. The van der Waals surface area contributed by atoms with Gasteiger partial charge in [-0.2, -0.15) is 0 Å². The van der Waals surface area contributed by atoms with Crippen LogP contribution in [0.2, 0.25) is 0 Å². The van der Waals surface area contributed by atoms with Gasteiger partial charge in [0.05, 0.1) is 21.4 Å². The second-order valence-corrected chi connectivity index (χ2v) is 18.5. The predicted molar refractivity (Wildman–Crippen MR) is 283 cm³/mol. The number of thiophene rings is 1. The van der Waals surface area contributed by atoms with Crippen molar-refractivity contribution in [1.82, 2.24) is 9.38 Å². The average molecular weight is 855 g/mol. The fourth-order valence-corrected chi connectivity index (χ4v) is 11.7. The Bertz CT molecular complexity index is 4200. The Balaban J connectivity index is 0.952. The molecule has 0 aliphatic heterocycles. The molecule has 14 rings (SSSR count). The summed E-state index contributed by atoms with van der Waals surface area (Å²) in [4.78, 5) is 5.59. The third kappa shape index (κ3) is 5.77. The number of pyridine rings is 1. The van der Waals surface area contributed by atoms with E-state index in [1.165, 1.54) is 108 Å².